The molecule has 0 spiro atoms. The first kappa shape index (κ1) is 17.2. The van der Waals surface area contributed by atoms with E-state index in [-0.39, 0.29) is 12.3 Å². The van der Waals surface area contributed by atoms with Gasteiger partial charge in [-0.25, -0.2) is 8.78 Å². The highest BCUT2D eigenvalue weighted by molar-refractivity contribution is 4.86. The van der Waals surface area contributed by atoms with Crippen LogP contribution >= 0.6 is 0 Å². The number of hydrogen-bond donors (Lipinski definition) is 0. The zero-order chi connectivity index (χ0) is 15.3. The molecule has 2 aliphatic carbocycles. The summed E-state index contributed by atoms with van der Waals surface area (Å²) in [5.41, 5.74) is 0. The lowest BCUT2D eigenvalue weighted by molar-refractivity contribution is -0.0858. The molecule has 124 valence electrons. The third kappa shape index (κ3) is 4.66. The second-order valence-corrected chi connectivity index (χ2v) is 7.67. The van der Waals surface area contributed by atoms with Gasteiger partial charge in [0, 0.05) is 12.3 Å². The Balaban J connectivity index is 1.75. The van der Waals surface area contributed by atoms with Crippen LogP contribution in [0.15, 0.2) is 0 Å². The van der Waals surface area contributed by atoms with E-state index in [0.717, 1.165) is 49.9 Å². The minimum absolute atomic E-state index is 0.112. The molecule has 2 fully saturated rings. The van der Waals surface area contributed by atoms with Gasteiger partial charge < -0.3 is 0 Å². The van der Waals surface area contributed by atoms with E-state index in [2.05, 4.69) is 6.92 Å². The van der Waals surface area contributed by atoms with E-state index in [4.69, 9.17) is 0 Å². The summed E-state index contributed by atoms with van der Waals surface area (Å²) < 4.78 is 28.3. The Morgan fingerprint density at radius 2 is 1.33 bits per heavy atom. The van der Waals surface area contributed by atoms with Gasteiger partial charge in [0.25, 0.3) is 5.92 Å². The highest BCUT2D eigenvalue weighted by atomic mass is 19.3. The van der Waals surface area contributed by atoms with Crippen LogP contribution in [0, 0.1) is 23.7 Å². The Kier molecular flexibility index (Phi) is 6.50. The van der Waals surface area contributed by atoms with Crippen molar-refractivity contribution >= 4 is 0 Å². The van der Waals surface area contributed by atoms with Gasteiger partial charge in [0.05, 0.1) is 0 Å². The average Bonchev–Trinajstić information content (AvgIpc) is 2.53. The van der Waals surface area contributed by atoms with Gasteiger partial charge in [0.2, 0.25) is 0 Å². The first-order valence-electron chi connectivity index (χ1n) is 9.44. The van der Waals surface area contributed by atoms with Crippen molar-refractivity contribution < 1.29 is 8.78 Å². The third-order valence-corrected chi connectivity index (χ3v) is 6.37. The van der Waals surface area contributed by atoms with E-state index >= 15 is 0 Å². The minimum atomic E-state index is -2.40. The summed E-state index contributed by atoms with van der Waals surface area (Å²) in [6.45, 7) is 4.30. The van der Waals surface area contributed by atoms with Crippen molar-refractivity contribution in [3.05, 3.63) is 0 Å². The van der Waals surface area contributed by atoms with Crippen molar-refractivity contribution in [3.63, 3.8) is 0 Å². The van der Waals surface area contributed by atoms with Crippen molar-refractivity contribution in [3.8, 4) is 0 Å². The summed E-state index contributed by atoms with van der Waals surface area (Å²) in [7, 11) is 0. The van der Waals surface area contributed by atoms with Crippen molar-refractivity contribution in [2.75, 3.05) is 0 Å². The van der Waals surface area contributed by atoms with Crippen LogP contribution in [-0.2, 0) is 0 Å². The summed E-state index contributed by atoms with van der Waals surface area (Å²) in [4.78, 5) is 0. The molecule has 0 radical (unpaired) electrons. The van der Waals surface area contributed by atoms with Crippen LogP contribution in [0.4, 0.5) is 8.78 Å². The van der Waals surface area contributed by atoms with E-state index in [9.17, 15) is 8.78 Å². The van der Waals surface area contributed by atoms with Crippen LogP contribution in [0.1, 0.15) is 90.9 Å². The number of rotatable bonds is 6. The molecular formula is C19H34F2. The van der Waals surface area contributed by atoms with Crippen molar-refractivity contribution in [2.24, 2.45) is 23.7 Å². The average molecular weight is 300 g/mol. The van der Waals surface area contributed by atoms with Crippen LogP contribution in [0.2, 0.25) is 0 Å². The normalized spacial score (nSPS) is 34.9. The Morgan fingerprint density at radius 3 is 1.81 bits per heavy atom. The second-order valence-electron chi connectivity index (χ2n) is 7.67. The third-order valence-electron chi connectivity index (χ3n) is 6.37. The van der Waals surface area contributed by atoms with Gasteiger partial charge in [-0.3, -0.25) is 0 Å². The minimum Gasteiger partial charge on any atom is -0.207 e. The molecule has 0 saturated heterocycles. The number of alkyl halides is 2. The maximum Gasteiger partial charge on any atom is 0.250 e. The summed E-state index contributed by atoms with van der Waals surface area (Å²) in [5, 5.41) is 0. The van der Waals surface area contributed by atoms with Crippen LogP contribution in [0.25, 0.3) is 0 Å². The van der Waals surface area contributed by atoms with E-state index in [1.807, 2.05) is 6.92 Å². The Morgan fingerprint density at radius 1 is 0.810 bits per heavy atom. The fourth-order valence-electron chi connectivity index (χ4n) is 4.70. The maximum absolute atomic E-state index is 14.2. The number of halogens is 2. The van der Waals surface area contributed by atoms with Gasteiger partial charge in [-0.05, 0) is 62.7 Å². The molecule has 0 heterocycles. The zero-order valence-corrected chi connectivity index (χ0v) is 14.1. The molecule has 2 heteroatoms. The Labute approximate surface area is 130 Å². The summed E-state index contributed by atoms with van der Waals surface area (Å²) in [6.07, 6.45) is 12.1. The largest absolute Gasteiger partial charge is 0.250 e. The van der Waals surface area contributed by atoms with Gasteiger partial charge in [0.1, 0.15) is 0 Å². The monoisotopic (exact) mass is 300 g/mol. The van der Waals surface area contributed by atoms with Gasteiger partial charge in [-0.2, -0.15) is 0 Å². The zero-order valence-electron chi connectivity index (χ0n) is 14.1. The highest BCUT2D eigenvalue weighted by Crippen LogP contribution is 2.46. The Hall–Kier alpha value is -0.140. The van der Waals surface area contributed by atoms with E-state index in [1.165, 1.54) is 32.1 Å². The van der Waals surface area contributed by atoms with Gasteiger partial charge >= 0.3 is 0 Å². The topological polar surface area (TPSA) is 0 Å². The molecule has 2 aliphatic rings. The standard InChI is InChI=1S/C19H34F2/c1-3-5-14-19(20,21)18-12-10-17(11-13-18)16-8-6-15(4-2)7-9-16/h15-18H,3-14H2,1-2H3. The van der Waals surface area contributed by atoms with Gasteiger partial charge in [-0.15, -0.1) is 0 Å². The Bertz CT molecular complexity index is 284. The van der Waals surface area contributed by atoms with Gasteiger partial charge in [-0.1, -0.05) is 39.5 Å². The highest BCUT2D eigenvalue weighted by Gasteiger charge is 2.41. The second kappa shape index (κ2) is 7.92. The van der Waals surface area contributed by atoms with Crippen LogP contribution in [0.5, 0.6) is 0 Å². The lowest BCUT2D eigenvalue weighted by atomic mass is 9.68. The lowest BCUT2D eigenvalue weighted by Crippen LogP contribution is -2.34. The van der Waals surface area contributed by atoms with Crippen LogP contribution < -0.4 is 0 Å². The molecule has 0 aromatic heterocycles. The molecule has 0 aromatic rings. The van der Waals surface area contributed by atoms with E-state index < -0.39 is 5.92 Å². The first-order valence-corrected chi connectivity index (χ1v) is 9.44. The molecule has 0 aromatic carbocycles. The summed E-state index contributed by atoms with van der Waals surface area (Å²) in [6, 6.07) is 0. The number of unbranched alkanes of at least 4 members (excludes halogenated alkanes) is 1. The molecule has 2 rings (SSSR count). The van der Waals surface area contributed by atoms with Crippen molar-refractivity contribution in [1.82, 2.24) is 0 Å². The number of hydrogen-bond acceptors (Lipinski definition) is 0. The molecule has 21 heavy (non-hydrogen) atoms. The predicted molar refractivity (Wildman–Crippen MR) is 85.7 cm³/mol. The SMILES string of the molecule is CCCCC(F)(F)C1CCC(C2CCC(CC)CC2)CC1. The molecule has 0 bridgehead atoms. The van der Waals surface area contributed by atoms with E-state index in [1.54, 1.807) is 0 Å². The van der Waals surface area contributed by atoms with Crippen LogP contribution in [-0.4, -0.2) is 5.92 Å². The molecule has 0 unspecified atom stereocenters. The molecule has 0 amide bonds. The lowest BCUT2D eigenvalue weighted by Gasteiger charge is -2.39. The molecule has 0 atom stereocenters. The van der Waals surface area contributed by atoms with Crippen molar-refractivity contribution in [2.45, 2.75) is 96.8 Å². The molecule has 0 nitrogen and oxygen atoms in total. The van der Waals surface area contributed by atoms with E-state index in [0.29, 0.717) is 6.42 Å². The van der Waals surface area contributed by atoms with Crippen molar-refractivity contribution in [1.29, 1.82) is 0 Å². The smallest absolute Gasteiger partial charge is 0.207 e. The first-order chi connectivity index (χ1) is 10.1. The quantitative estimate of drug-likeness (QED) is 0.504. The fourth-order valence-corrected chi connectivity index (χ4v) is 4.70. The van der Waals surface area contributed by atoms with Crippen LogP contribution in [0.3, 0.4) is 0 Å². The molecule has 2 saturated carbocycles. The maximum atomic E-state index is 14.2. The predicted octanol–water partition coefficient (Wildman–Crippen LogP) is 6.83. The fraction of sp³-hybridized carbons (Fsp3) is 1.00. The summed E-state index contributed by atoms with van der Waals surface area (Å²) in [5.74, 6) is -0.191. The van der Waals surface area contributed by atoms with Gasteiger partial charge in [0.15, 0.2) is 0 Å². The molecular weight excluding hydrogens is 266 g/mol. The molecule has 0 aliphatic heterocycles. The summed E-state index contributed by atoms with van der Waals surface area (Å²) >= 11 is 0. The molecule has 0 N–H and O–H groups in total.